The minimum atomic E-state index is 0.0186. The molecule has 0 aliphatic heterocycles. The molecule has 0 amide bonds. The molecule has 0 bridgehead atoms. The molecule has 1 unspecified atom stereocenters. The van der Waals surface area contributed by atoms with E-state index in [2.05, 4.69) is 24.2 Å². The molecule has 0 aliphatic rings. The maximum absolute atomic E-state index is 5.94. The van der Waals surface area contributed by atoms with Crippen molar-refractivity contribution in [2.24, 2.45) is 5.73 Å². The highest BCUT2D eigenvalue weighted by atomic mass is 16.5. The lowest BCUT2D eigenvalue weighted by Gasteiger charge is -2.13. The van der Waals surface area contributed by atoms with Gasteiger partial charge in [0.05, 0.1) is 19.3 Å². The second-order valence-corrected chi connectivity index (χ2v) is 4.94. The van der Waals surface area contributed by atoms with Gasteiger partial charge in [-0.2, -0.15) is 5.10 Å². The van der Waals surface area contributed by atoms with Crippen LogP contribution in [-0.4, -0.2) is 16.9 Å². The van der Waals surface area contributed by atoms with Crippen molar-refractivity contribution in [3.63, 3.8) is 0 Å². The highest BCUT2D eigenvalue weighted by Crippen LogP contribution is 2.23. The zero-order chi connectivity index (χ0) is 14.0. The van der Waals surface area contributed by atoms with Crippen molar-refractivity contribution >= 4 is 0 Å². The molecule has 1 heterocycles. The molecule has 0 aliphatic carbocycles. The van der Waals surface area contributed by atoms with Crippen LogP contribution < -0.4 is 10.5 Å². The van der Waals surface area contributed by atoms with Gasteiger partial charge >= 0.3 is 0 Å². The number of rotatable bonds is 4. The quantitative estimate of drug-likeness (QED) is 0.918. The number of nitrogens with zero attached hydrogens (tertiary/aromatic N) is 2. The number of methoxy groups -OCH3 is 1. The summed E-state index contributed by atoms with van der Waals surface area (Å²) in [4.78, 5) is 0. The van der Waals surface area contributed by atoms with Gasteiger partial charge in [0.1, 0.15) is 5.75 Å². The smallest absolute Gasteiger partial charge is 0.123 e. The first-order valence-electron chi connectivity index (χ1n) is 6.44. The third-order valence-electron chi connectivity index (χ3n) is 3.25. The van der Waals surface area contributed by atoms with Crippen molar-refractivity contribution in [2.75, 3.05) is 7.11 Å². The lowest BCUT2D eigenvalue weighted by molar-refractivity contribution is 0.406. The van der Waals surface area contributed by atoms with Crippen LogP contribution in [0.1, 0.15) is 35.5 Å². The van der Waals surface area contributed by atoms with E-state index in [1.165, 1.54) is 0 Å². The van der Waals surface area contributed by atoms with E-state index in [1.54, 1.807) is 7.11 Å². The summed E-state index contributed by atoms with van der Waals surface area (Å²) >= 11 is 0. The van der Waals surface area contributed by atoms with Crippen molar-refractivity contribution < 1.29 is 4.74 Å². The van der Waals surface area contributed by atoms with Crippen LogP contribution in [0.2, 0.25) is 0 Å². The molecule has 2 N–H and O–H groups in total. The van der Waals surface area contributed by atoms with Crippen LogP contribution in [0.25, 0.3) is 0 Å². The minimum absolute atomic E-state index is 0.0186. The van der Waals surface area contributed by atoms with Gasteiger partial charge in [-0.3, -0.25) is 4.68 Å². The Morgan fingerprint density at radius 2 is 2.05 bits per heavy atom. The van der Waals surface area contributed by atoms with Crippen LogP contribution in [0.3, 0.4) is 0 Å². The first kappa shape index (κ1) is 13.6. The van der Waals surface area contributed by atoms with Gasteiger partial charge in [0.15, 0.2) is 0 Å². The SMILES string of the molecule is COc1ccc(C(C)N)cc1Cn1nc(C)cc1C. The molecule has 0 fully saturated rings. The van der Waals surface area contributed by atoms with Crippen LogP contribution in [-0.2, 0) is 6.54 Å². The van der Waals surface area contributed by atoms with E-state index in [-0.39, 0.29) is 6.04 Å². The Morgan fingerprint density at radius 3 is 2.58 bits per heavy atom. The molecule has 0 spiro atoms. The van der Waals surface area contributed by atoms with E-state index in [9.17, 15) is 0 Å². The Labute approximate surface area is 114 Å². The summed E-state index contributed by atoms with van der Waals surface area (Å²) in [5, 5.41) is 4.49. The van der Waals surface area contributed by atoms with Crippen LogP contribution in [0.15, 0.2) is 24.3 Å². The first-order chi connectivity index (χ1) is 9.01. The van der Waals surface area contributed by atoms with Gasteiger partial charge in [0.2, 0.25) is 0 Å². The van der Waals surface area contributed by atoms with Gasteiger partial charge in [0.25, 0.3) is 0 Å². The lowest BCUT2D eigenvalue weighted by Crippen LogP contribution is -2.09. The number of nitrogens with two attached hydrogens (primary N) is 1. The molecule has 1 atom stereocenters. The maximum Gasteiger partial charge on any atom is 0.123 e. The number of benzene rings is 1. The molecule has 0 radical (unpaired) electrons. The Bertz CT molecular complexity index is 573. The summed E-state index contributed by atoms with van der Waals surface area (Å²) in [6.45, 7) is 6.74. The average molecular weight is 259 g/mol. The molecule has 1 aromatic carbocycles. The van der Waals surface area contributed by atoms with Crippen molar-refractivity contribution in [3.8, 4) is 5.75 Å². The van der Waals surface area contributed by atoms with Gasteiger partial charge in [-0.1, -0.05) is 6.07 Å². The predicted octanol–water partition coefficient (Wildman–Crippen LogP) is 2.58. The van der Waals surface area contributed by atoms with Crippen molar-refractivity contribution in [3.05, 3.63) is 46.8 Å². The third-order valence-corrected chi connectivity index (χ3v) is 3.25. The first-order valence-corrected chi connectivity index (χ1v) is 6.44. The fourth-order valence-electron chi connectivity index (χ4n) is 2.20. The van der Waals surface area contributed by atoms with Gasteiger partial charge in [-0.25, -0.2) is 0 Å². The lowest BCUT2D eigenvalue weighted by atomic mass is 10.0. The van der Waals surface area contributed by atoms with E-state index >= 15 is 0 Å². The predicted molar refractivity (Wildman–Crippen MR) is 76.4 cm³/mol. The average Bonchev–Trinajstić information content (AvgIpc) is 2.67. The fraction of sp³-hybridized carbons (Fsp3) is 0.400. The summed E-state index contributed by atoms with van der Waals surface area (Å²) in [6.07, 6.45) is 0. The Balaban J connectivity index is 2.37. The van der Waals surface area contributed by atoms with E-state index in [0.29, 0.717) is 6.54 Å². The van der Waals surface area contributed by atoms with Crippen LogP contribution in [0, 0.1) is 13.8 Å². The second-order valence-electron chi connectivity index (χ2n) is 4.94. The summed E-state index contributed by atoms with van der Waals surface area (Å²) in [7, 11) is 1.69. The molecular weight excluding hydrogens is 238 g/mol. The monoisotopic (exact) mass is 259 g/mol. The van der Waals surface area contributed by atoms with Crippen molar-refractivity contribution in [1.29, 1.82) is 0 Å². The van der Waals surface area contributed by atoms with Gasteiger partial charge in [-0.05, 0) is 44.5 Å². The number of hydrogen-bond acceptors (Lipinski definition) is 3. The van der Waals surface area contributed by atoms with Crippen molar-refractivity contribution in [1.82, 2.24) is 9.78 Å². The highest BCUT2D eigenvalue weighted by Gasteiger charge is 2.09. The zero-order valence-corrected chi connectivity index (χ0v) is 12.0. The molecule has 1 aromatic heterocycles. The Morgan fingerprint density at radius 1 is 1.32 bits per heavy atom. The third kappa shape index (κ3) is 2.96. The second kappa shape index (κ2) is 5.45. The Hall–Kier alpha value is -1.81. The van der Waals surface area contributed by atoms with Crippen LogP contribution in [0.5, 0.6) is 5.75 Å². The maximum atomic E-state index is 5.94. The van der Waals surface area contributed by atoms with Crippen molar-refractivity contribution in [2.45, 2.75) is 33.4 Å². The van der Waals surface area contributed by atoms with Gasteiger partial charge in [0, 0.05) is 17.3 Å². The molecule has 4 nitrogen and oxygen atoms in total. The molecule has 19 heavy (non-hydrogen) atoms. The number of ether oxygens (including phenoxy) is 1. The number of aryl methyl sites for hydroxylation is 2. The largest absolute Gasteiger partial charge is 0.496 e. The van der Waals surface area contributed by atoms with Gasteiger partial charge in [-0.15, -0.1) is 0 Å². The normalized spacial score (nSPS) is 12.5. The number of aromatic nitrogens is 2. The summed E-state index contributed by atoms with van der Waals surface area (Å²) in [5.74, 6) is 0.872. The molecule has 0 saturated heterocycles. The van der Waals surface area contributed by atoms with E-state index < -0.39 is 0 Å². The molecule has 0 saturated carbocycles. The molecule has 2 aromatic rings. The summed E-state index contributed by atoms with van der Waals surface area (Å²) in [6, 6.07) is 8.17. The number of hydrogen-bond donors (Lipinski definition) is 1. The van der Waals surface area contributed by atoms with E-state index in [1.807, 2.05) is 30.7 Å². The fourth-order valence-corrected chi connectivity index (χ4v) is 2.20. The van der Waals surface area contributed by atoms with E-state index in [0.717, 1.165) is 28.3 Å². The standard InChI is InChI=1S/C15H21N3O/c1-10-7-11(2)18(17-10)9-14-8-13(12(3)16)5-6-15(14)19-4/h5-8,12H,9,16H2,1-4H3. The highest BCUT2D eigenvalue weighted by molar-refractivity contribution is 5.38. The minimum Gasteiger partial charge on any atom is -0.496 e. The molecule has 102 valence electrons. The molecule has 2 rings (SSSR count). The van der Waals surface area contributed by atoms with Crippen LogP contribution >= 0.6 is 0 Å². The topological polar surface area (TPSA) is 53.1 Å². The summed E-state index contributed by atoms with van der Waals surface area (Å²) < 4.78 is 7.40. The molecule has 4 heteroatoms. The summed E-state index contributed by atoms with van der Waals surface area (Å²) in [5.41, 5.74) is 10.3. The van der Waals surface area contributed by atoms with Crippen LogP contribution in [0.4, 0.5) is 0 Å². The molecular formula is C15H21N3O. The van der Waals surface area contributed by atoms with Gasteiger partial charge < -0.3 is 10.5 Å². The van der Waals surface area contributed by atoms with E-state index in [4.69, 9.17) is 10.5 Å². The zero-order valence-electron chi connectivity index (χ0n) is 12.0. The Kier molecular flexibility index (Phi) is 3.90.